The molecule has 0 amide bonds. The first-order chi connectivity index (χ1) is 6.26. The van der Waals surface area contributed by atoms with Crippen LogP contribution in [0.1, 0.15) is 0 Å². The maximum Gasteiger partial charge on any atom is 0.367 e. The zero-order valence-electron chi connectivity index (χ0n) is 7.44. The summed E-state index contributed by atoms with van der Waals surface area (Å²) in [6.07, 6.45) is 0. The van der Waals surface area contributed by atoms with E-state index in [0.29, 0.717) is 5.75 Å². The van der Waals surface area contributed by atoms with E-state index in [-0.39, 0.29) is 0 Å². The lowest BCUT2D eigenvalue weighted by atomic mass is 10.3. The second kappa shape index (κ2) is 4.90. The molecule has 13 heavy (non-hydrogen) atoms. The Balaban J connectivity index is 2.64. The largest absolute Gasteiger partial charge is 0.497 e. The number of rotatable bonds is 4. The van der Waals surface area contributed by atoms with E-state index in [1.165, 1.54) is 7.11 Å². The van der Waals surface area contributed by atoms with Crippen LogP contribution in [-0.2, 0) is 9.09 Å². The van der Waals surface area contributed by atoms with Gasteiger partial charge < -0.3 is 13.8 Å². The van der Waals surface area contributed by atoms with Crippen LogP contribution in [0.4, 0.5) is 0 Å². The van der Waals surface area contributed by atoms with Gasteiger partial charge in [-0.05, 0) is 24.3 Å². The van der Waals surface area contributed by atoms with Crippen molar-refractivity contribution >= 4 is 8.25 Å². The molecule has 5 heteroatoms. The average Bonchev–Trinajstić information content (AvgIpc) is 2.19. The highest BCUT2D eigenvalue weighted by molar-refractivity contribution is 7.33. The molecular formula is C8H11O4P. The highest BCUT2D eigenvalue weighted by Crippen LogP contribution is 2.27. The minimum Gasteiger partial charge on any atom is -0.497 e. The minimum absolute atomic E-state index is 0.506. The van der Waals surface area contributed by atoms with Gasteiger partial charge in [-0.15, -0.1) is 0 Å². The normalized spacial score (nSPS) is 12.2. The maximum absolute atomic E-state index is 10.8. The van der Waals surface area contributed by atoms with E-state index in [9.17, 15) is 4.57 Å². The van der Waals surface area contributed by atoms with E-state index in [1.807, 2.05) is 0 Å². The van der Waals surface area contributed by atoms with E-state index in [0.717, 1.165) is 5.75 Å². The van der Waals surface area contributed by atoms with Crippen LogP contribution in [0.2, 0.25) is 0 Å². The maximum atomic E-state index is 10.8. The molecular weight excluding hydrogens is 191 g/mol. The van der Waals surface area contributed by atoms with Crippen molar-refractivity contribution in [2.75, 3.05) is 14.2 Å². The Morgan fingerprint density at radius 1 is 1.08 bits per heavy atom. The molecule has 0 N–H and O–H groups in total. The van der Waals surface area contributed by atoms with Crippen LogP contribution in [-0.4, -0.2) is 14.2 Å². The molecule has 0 spiro atoms. The van der Waals surface area contributed by atoms with Gasteiger partial charge in [-0.3, -0.25) is 0 Å². The van der Waals surface area contributed by atoms with Crippen LogP contribution in [0.3, 0.4) is 0 Å². The van der Waals surface area contributed by atoms with Crippen LogP contribution >= 0.6 is 8.25 Å². The Bertz CT molecular complexity index is 283. The summed E-state index contributed by atoms with van der Waals surface area (Å²) in [6.45, 7) is 0. The molecule has 0 aliphatic heterocycles. The van der Waals surface area contributed by atoms with Crippen molar-refractivity contribution in [3.8, 4) is 11.5 Å². The smallest absolute Gasteiger partial charge is 0.367 e. The summed E-state index contributed by atoms with van der Waals surface area (Å²) in [7, 11) is 0.524. The fourth-order valence-corrected chi connectivity index (χ4v) is 1.19. The second-order valence-corrected chi connectivity index (χ2v) is 3.34. The van der Waals surface area contributed by atoms with Gasteiger partial charge in [0.15, 0.2) is 0 Å². The van der Waals surface area contributed by atoms with E-state index in [2.05, 4.69) is 4.52 Å². The van der Waals surface area contributed by atoms with E-state index in [1.54, 1.807) is 31.4 Å². The Morgan fingerprint density at radius 2 is 1.62 bits per heavy atom. The SMILES string of the molecule is COc1ccc(O[PH](=O)OC)cc1. The summed E-state index contributed by atoms with van der Waals surface area (Å²) >= 11 is 0. The van der Waals surface area contributed by atoms with Crippen molar-refractivity contribution in [3.05, 3.63) is 24.3 Å². The Labute approximate surface area is 77.4 Å². The van der Waals surface area contributed by atoms with Gasteiger partial charge in [0.25, 0.3) is 0 Å². The van der Waals surface area contributed by atoms with Crippen molar-refractivity contribution < 1.29 is 18.3 Å². The molecule has 0 fully saturated rings. The molecule has 72 valence electrons. The van der Waals surface area contributed by atoms with Crippen molar-refractivity contribution in [1.29, 1.82) is 0 Å². The number of hydrogen-bond acceptors (Lipinski definition) is 4. The summed E-state index contributed by atoms with van der Waals surface area (Å²) in [5.41, 5.74) is 0. The summed E-state index contributed by atoms with van der Waals surface area (Å²) in [5, 5.41) is 0. The molecule has 0 saturated heterocycles. The van der Waals surface area contributed by atoms with Gasteiger partial charge in [0.1, 0.15) is 11.5 Å². The molecule has 4 nitrogen and oxygen atoms in total. The Kier molecular flexibility index (Phi) is 3.80. The highest BCUT2D eigenvalue weighted by atomic mass is 31.1. The average molecular weight is 202 g/mol. The molecule has 0 radical (unpaired) electrons. The van der Waals surface area contributed by atoms with Crippen LogP contribution in [0.25, 0.3) is 0 Å². The molecule has 0 aliphatic rings. The molecule has 1 rings (SSSR count). The van der Waals surface area contributed by atoms with Gasteiger partial charge in [0, 0.05) is 7.11 Å². The molecule has 0 saturated carbocycles. The Hall–Kier alpha value is -0.990. The molecule has 1 aromatic rings. The van der Waals surface area contributed by atoms with Crippen LogP contribution in [0, 0.1) is 0 Å². The topological polar surface area (TPSA) is 44.8 Å². The lowest BCUT2D eigenvalue weighted by molar-refractivity contribution is 0.348. The minimum atomic E-state index is -2.39. The number of methoxy groups -OCH3 is 1. The van der Waals surface area contributed by atoms with Crippen molar-refractivity contribution in [2.24, 2.45) is 0 Å². The lowest BCUT2D eigenvalue weighted by Crippen LogP contribution is -1.84. The lowest BCUT2D eigenvalue weighted by Gasteiger charge is -2.04. The summed E-state index contributed by atoms with van der Waals surface area (Å²) in [4.78, 5) is 0. The first-order valence-electron chi connectivity index (χ1n) is 3.66. The van der Waals surface area contributed by atoms with E-state index >= 15 is 0 Å². The molecule has 0 aliphatic carbocycles. The number of benzene rings is 1. The number of ether oxygens (including phenoxy) is 1. The molecule has 1 aromatic carbocycles. The standard InChI is InChI=1S/C8H11O4P/c1-10-7-3-5-8(6-4-7)12-13(9)11-2/h3-6,13H,1-2H3. The van der Waals surface area contributed by atoms with Crippen molar-refractivity contribution in [2.45, 2.75) is 0 Å². The molecule has 1 unspecified atom stereocenters. The predicted molar refractivity (Wildman–Crippen MR) is 49.6 cm³/mol. The van der Waals surface area contributed by atoms with Crippen molar-refractivity contribution in [1.82, 2.24) is 0 Å². The van der Waals surface area contributed by atoms with Crippen LogP contribution in [0.5, 0.6) is 11.5 Å². The van der Waals surface area contributed by atoms with Gasteiger partial charge in [0.2, 0.25) is 0 Å². The Morgan fingerprint density at radius 3 is 2.08 bits per heavy atom. The van der Waals surface area contributed by atoms with Gasteiger partial charge in [-0.1, -0.05) is 0 Å². The summed E-state index contributed by atoms with van der Waals surface area (Å²) in [6, 6.07) is 6.78. The second-order valence-electron chi connectivity index (χ2n) is 2.23. The summed E-state index contributed by atoms with van der Waals surface area (Å²) in [5.74, 6) is 1.23. The predicted octanol–water partition coefficient (Wildman–Crippen LogP) is 2.11. The zero-order chi connectivity index (χ0) is 9.68. The molecule has 1 atom stereocenters. The third-order valence-corrected chi connectivity index (χ3v) is 2.16. The van der Waals surface area contributed by atoms with Gasteiger partial charge in [-0.2, -0.15) is 0 Å². The molecule has 0 heterocycles. The molecule has 0 bridgehead atoms. The summed E-state index contributed by atoms with van der Waals surface area (Å²) < 4.78 is 25.2. The van der Waals surface area contributed by atoms with Gasteiger partial charge >= 0.3 is 8.25 Å². The van der Waals surface area contributed by atoms with Crippen LogP contribution < -0.4 is 9.26 Å². The van der Waals surface area contributed by atoms with Crippen molar-refractivity contribution in [3.63, 3.8) is 0 Å². The van der Waals surface area contributed by atoms with Crippen LogP contribution in [0.15, 0.2) is 24.3 Å². The monoisotopic (exact) mass is 202 g/mol. The van der Waals surface area contributed by atoms with E-state index in [4.69, 9.17) is 9.26 Å². The quantitative estimate of drug-likeness (QED) is 0.701. The fraction of sp³-hybridized carbons (Fsp3) is 0.250. The number of hydrogen-bond donors (Lipinski definition) is 0. The van der Waals surface area contributed by atoms with Gasteiger partial charge in [0.05, 0.1) is 7.11 Å². The van der Waals surface area contributed by atoms with E-state index < -0.39 is 8.25 Å². The fourth-order valence-electron chi connectivity index (χ4n) is 0.782. The van der Waals surface area contributed by atoms with Gasteiger partial charge in [-0.25, -0.2) is 4.57 Å². The first-order valence-corrected chi connectivity index (χ1v) is 4.88. The zero-order valence-corrected chi connectivity index (χ0v) is 8.44. The third-order valence-electron chi connectivity index (χ3n) is 1.43. The molecule has 0 aromatic heterocycles. The third kappa shape index (κ3) is 3.09. The highest BCUT2D eigenvalue weighted by Gasteiger charge is 1.99. The first kappa shape index (κ1) is 10.1.